The van der Waals surface area contributed by atoms with Crippen molar-refractivity contribution < 1.29 is 14.7 Å². The van der Waals surface area contributed by atoms with E-state index in [1.165, 1.54) is 0 Å². The molecule has 1 N–H and O–H groups in total. The zero-order chi connectivity index (χ0) is 13.9. The standard InChI is InChI=1S/C13H24N2O3/c1-5-6-15-9-13(2,3)8-14(4)10(12(15)18)7-11(16)17/h10H,5-9H2,1-4H3,(H,16,17). The molecule has 5 nitrogen and oxygen atoms in total. The Morgan fingerprint density at radius 3 is 2.56 bits per heavy atom. The maximum absolute atomic E-state index is 12.4. The molecule has 0 bridgehead atoms. The maximum atomic E-state index is 12.4. The summed E-state index contributed by atoms with van der Waals surface area (Å²) in [5.74, 6) is -0.969. The van der Waals surface area contributed by atoms with Crippen LogP contribution < -0.4 is 0 Å². The van der Waals surface area contributed by atoms with E-state index < -0.39 is 12.0 Å². The first-order valence-corrected chi connectivity index (χ1v) is 6.47. The lowest BCUT2D eigenvalue weighted by molar-refractivity contribution is -0.144. The van der Waals surface area contributed by atoms with E-state index in [-0.39, 0.29) is 17.7 Å². The highest BCUT2D eigenvalue weighted by Crippen LogP contribution is 2.25. The van der Waals surface area contributed by atoms with E-state index in [4.69, 9.17) is 5.11 Å². The number of nitrogens with zero attached hydrogens (tertiary/aromatic N) is 2. The highest BCUT2D eigenvalue weighted by atomic mass is 16.4. The fourth-order valence-electron chi connectivity index (χ4n) is 2.70. The van der Waals surface area contributed by atoms with E-state index in [2.05, 4.69) is 13.8 Å². The lowest BCUT2D eigenvalue weighted by atomic mass is 9.92. The fraction of sp³-hybridized carbons (Fsp3) is 0.846. The number of carbonyl (C=O) groups is 2. The first-order valence-electron chi connectivity index (χ1n) is 6.47. The predicted octanol–water partition coefficient (Wildman–Crippen LogP) is 1.04. The molecule has 0 aliphatic carbocycles. The third-order valence-corrected chi connectivity index (χ3v) is 3.29. The largest absolute Gasteiger partial charge is 0.481 e. The summed E-state index contributed by atoms with van der Waals surface area (Å²) in [5, 5.41) is 8.94. The van der Waals surface area contributed by atoms with Crippen LogP contribution in [0.2, 0.25) is 0 Å². The number of rotatable bonds is 4. The van der Waals surface area contributed by atoms with Gasteiger partial charge in [0.2, 0.25) is 5.91 Å². The Morgan fingerprint density at radius 2 is 2.06 bits per heavy atom. The molecule has 1 aliphatic rings. The molecule has 0 aromatic carbocycles. The second kappa shape index (κ2) is 5.69. The summed E-state index contributed by atoms with van der Waals surface area (Å²) < 4.78 is 0. The molecule has 0 saturated carbocycles. The number of carboxylic acids is 1. The summed E-state index contributed by atoms with van der Waals surface area (Å²) in [6.07, 6.45) is 0.775. The Morgan fingerprint density at radius 1 is 1.44 bits per heavy atom. The van der Waals surface area contributed by atoms with Gasteiger partial charge in [-0.2, -0.15) is 0 Å². The quantitative estimate of drug-likeness (QED) is 0.816. The summed E-state index contributed by atoms with van der Waals surface area (Å²) in [6.45, 7) is 8.38. The molecule has 1 unspecified atom stereocenters. The van der Waals surface area contributed by atoms with E-state index >= 15 is 0 Å². The van der Waals surface area contributed by atoms with E-state index in [1.54, 1.807) is 0 Å². The van der Waals surface area contributed by atoms with Gasteiger partial charge in [0.25, 0.3) is 0 Å². The van der Waals surface area contributed by atoms with Gasteiger partial charge in [-0.1, -0.05) is 20.8 Å². The Bertz CT molecular complexity index is 328. The highest BCUT2D eigenvalue weighted by Gasteiger charge is 2.38. The van der Waals surface area contributed by atoms with Crippen molar-refractivity contribution in [1.29, 1.82) is 0 Å². The maximum Gasteiger partial charge on any atom is 0.305 e. The summed E-state index contributed by atoms with van der Waals surface area (Å²) in [6, 6.07) is -0.532. The Balaban J connectivity index is 2.95. The second-order valence-electron chi connectivity index (χ2n) is 5.95. The van der Waals surface area contributed by atoms with Gasteiger partial charge in [-0.05, 0) is 18.9 Å². The molecule has 0 aromatic heterocycles. The molecule has 1 amide bonds. The van der Waals surface area contributed by atoms with Crippen molar-refractivity contribution in [3.05, 3.63) is 0 Å². The number of carbonyl (C=O) groups excluding carboxylic acids is 1. The van der Waals surface area contributed by atoms with Crippen LogP contribution in [0.3, 0.4) is 0 Å². The van der Waals surface area contributed by atoms with Crippen LogP contribution in [0.5, 0.6) is 0 Å². The van der Waals surface area contributed by atoms with Gasteiger partial charge in [0, 0.05) is 19.6 Å². The molecule has 1 atom stereocenters. The van der Waals surface area contributed by atoms with E-state index in [0.717, 1.165) is 13.0 Å². The number of likely N-dealkylation sites (N-methyl/N-ethyl adjacent to an activating group) is 1. The zero-order valence-electron chi connectivity index (χ0n) is 11.8. The Kier molecular flexibility index (Phi) is 4.73. The Hall–Kier alpha value is -1.10. The lowest BCUT2D eigenvalue weighted by Crippen LogP contribution is -2.45. The topological polar surface area (TPSA) is 60.9 Å². The molecule has 0 spiro atoms. The monoisotopic (exact) mass is 256 g/mol. The van der Waals surface area contributed by atoms with Gasteiger partial charge in [0.15, 0.2) is 0 Å². The molecule has 1 fully saturated rings. The van der Waals surface area contributed by atoms with Gasteiger partial charge in [-0.25, -0.2) is 0 Å². The third kappa shape index (κ3) is 3.70. The van der Waals surface area contributed by atoms with Gasteiger partial charge < -0.3 is 10.0 Å². The molecule has 5 heteroatoms. The molecule has 1 rings (SSSR count). The van der Waals surface area contributed by atoms with Crippen molar-refractivity contribution in [2.45, 2.75) is 39.7 Å². The van der Waals surface area contributed by atoms with Gasteiger partial charge in [0.1, 0.15) is 0 Å². The van der Waals surface area contributed by atoms with Crippen LogP contribution in [-0.4, -0.2) is 59.5 Å². The average molecular weight is 256 g/mol. The van der Waals surface area contributed by atoms with E-state index in [9.17, 15) is 9.59 Å². The van der Waals surface area contributed by atoms with Crippen molar-refractivity contribution in [1.82, 2.24) is 9.80 Å². The minimum atomic E-state index is -0.920. The molecule has 1 aliphatic heterocycles. The SMILES string of the molecule is CCCN1CC(C)(C)CN(C)C(CC(=O)O)C1=O. The zero-order valence-corrected chi connectivity index (χ0v) is 11.8. The predicted molar refractivity (Wildman–Crippen MR) is 69.3 cm³/mol. The normalized spacial score (nSPS) is 25.0. The average Bonchev–Trinajstić information content (AvgIpc) is 2.28. The van der Waals surface area contributed by atoms with E-state index in [1.807, 2.05) is 23.8 Å². The molecule has 1 saturated heterocycles. The molecule has 1 heterocycles. The minimum Gasteiger partial charge on any atom is -0.481 e. The number of amides is 1. The van der Waals surface area contributed by atoms with Crippen molar-refractivity contribution in [2.75, 3.05) is 26.7 Å². The number of hydrogen-bond acceptors (Lipinski definition) is 3. The molecule has 0 aromatic rings. The van der Waals surface area contributed by atoms with Crippen LogP contribution in [0.1, 0.15) is 33.6 Å². The molecular weight excluding hydrogens is 232 g/mol. The number of carboxylic acid groups (broad SMARTS) is 1. The van der Waals surface area contributed by atoms with Crippen LogP contribution in [0.15, 0.2) is 0 Å². The first kappa shape index (κ1) is 15.0. The van der Waals surface area contributed by atoms with Crippen LogP contribution in [-0.2, 0) is 9.59 Å². The van der Waals surface area contributed by atoms with Gasteiger partial charge >= 0.3 is 5.97 Å². The highest BCUT2D eigenvalue weighted by molar-refractivity contribution is 5.86. The fourth-order valence-corrected chi connectivity index (χ4v) is 2.70. The van der Waals surface area contributed by atoms with Crippen LogP contribution in [0.4, 0.5) is 0 Å². The molecule has 18 heavy (non-hydrogen) atoms. The van der Waals surface area contributed by atoms with E-state index in [0.29, 0.717) is 13.1 Å². The second-order valence-corrected chi connectivity index (χ2v) is 5.95. The van der Waals surface area contributed by atoms with Crippen molar-refractivity contribution in [2.24, 2.45) is 5.41 Å². The minimum absolute atomic E-state index is 0.00711. The first-order chi connectivity index (χ1) is 8.26. The van der Waals surface area contributed by atoms with Crippen molar-refractivity contribution in [3.8, 4) is 0 Å². The summed E-state index contributed by atoms with van der Waals surface area (Å²) in [7, 11) is 1.84. The van der Waals surface area contributed by atoms with Gasteiger partial charge in [-0.3, -0.25) is 14.5 Å². The molecular formula is C13H24N2O3. The van der Waals surface area contributed by atoms with Crippen LogP contribution in [0.25, 0.3) is 0 Å². The van der Waals surface area contributed by atoms with Gasteiger partial charge in [-0.15, -0.1) is 0 Å². The molecule has 0 radical (unpaired) electrons. The third-order valence-electron chi connectivity index (χ3n) is 3.29. The number of hydrogen-bond donors (Lipinski definition) is 1. The van der Waals surface area contributed by atoms with Gasteiger partial charge in [0.05, 0.1) is 12.5 Å². The van der Waals surface area contributed by atoms with Crippen molar-refractivity contribution >= 4 is 11.9 Å². The smallest absolute Gasteiger partial charge is 0.305 e. The van der Waals surface area contributed by atoms with Crippen LogP contribution in [0, 0.1) is 5.41 Å². The summed E-state index contributed by atoms with van der Waals surface area (Å²) in [4.78, 5) is 27.0. The molecule has 104 valence electrons. The lowest BCUT2D eigenvalue weighted by Gasteiger charge is -2.29. The summed E-state index contributed by atoms with van der Waals surface area (Å²) >= 11 is 0. The number of aliphatic carboxylic acids is 1. The Labute approximate surface area is 109 Å². The summed E-state index contributed by atoms with van der Waals surface area (Å²) in [5.41, 5.74) is -0.00711. The van der Waals surface area contributed by atoms with Crippen LogP contribution >= 0.6 is 0 Å². The van der Waals surface area contributed by atoms with Crippen molar-refractivity contribution in [3.63, 3.8) is 0 Å².